The van der Waals surface area contributed by atoms with Crippen LogP contribution in [0, 0.1) is 5.82 Å². The number of fused-ring (bicyclic) bond motifs is 1. The summed E-state index contributed by atoms with van der Waals surface area (Å²) >= 11 is 0. The molecule has 110 valence electrons. The van der Waals surface area contributed by atoms with Crippen molar-refractivity contribution in [1.29, 1.82) is 0 Å². The molecule has 6 heteroatoms. The average Bonchev–Trinajstić information content (AvgIpc) is 2.96. The lowest BCUT2D eigenvalue weighted by molar-refractivity contribution is -0.124. The van der Waals surface area contributed by atoms with Crippen LogP contribution in [0.1, 0.15) is 5.56 Å². The summed E-state index contributed by atoms with van der Waals surface area (Å²) in [5, 5.41) is 8.45. The fraction of sp³-hybridized carbons (Fsp3) is 0. The first-order chi connectivity index (χ1) is 10.7. The molecule has 0 saturated heterocycles. The van der Waals surface area contributed by atoms with E-state index in [4.69, 9.17) is 5.21 Å². The Morgan fingerprint density at radius 2 is 2.14 bits per heavy atom. The van der Waals surface area contributed by atoms with Gasteiger partial charge in [-0.15, -0.1) is 0 Å². The number of rotatable bonds is 3. The molecular weight excluding hydrogens is 285 g/mol. The number of benzene rings is 2. The Balaban J connectivity index is 1.96. The maximum absolute atomic E-state index is 13.2. The lowest BCUT2D eigenvalue weighted by Gasteiger charge is -1.99. The largest absolute Gasteiger partial charge is 0.338 e. The molecule has 0 saturated carbocycles. The highest BCUT2D eigenvalue weighted by atomic mass is 19.1. The van der Waals surface area contributed by atoms with Crippen LogP contribution in [-0.4, -0.2) is 21.1 Å². The van der Waals surface area contributed by atoms with Gasteiger partial charge in [0.2, 0.25) is 0 Å². The highest BCUT2D eigenvalue weighted by Crippen LogP contribution is 2.22. The van der Waals surface area contributed by atoms with Crippen LogP contribution in [0.25, 0.3) is 28.5 Å². The number of halogens is 1. The molecule has 0 spiro atoms. The Kier molecular flexibility index (Phi) is 3.67. The summed E-state index contributed by atoms with van der Waals surface area (Å²) in [6, 6.07) is 11.7. The van der Waals surface area contributed by atoms with E-state index in [0.29, 0.717) is 16.9 Å². The van der Waals surface area contributed by atoms with Crippen LogP contribution in [0.3, 0.4) is 0 Å². The van der Waals surface area contributed by atoms with Crippen LogP contribution in [0.5, 0.6) is 0 Å². The molecule has 1 heterocycles. The number of carbonyl (C=O) groups is 1. The van der Waals surface area contributed by atoms with Crippen molar-refractivity contribution < 1.29 is 14.4 Å². The first-order valence-corrected chi connectivity index (χ1v) is 6.53. The van der Waals surface area contributed by atoms with E-state index in [0.717, 1.165) is 11.1 Å². The van der Waals surface area contributed by atoms with Crippen LogP contribution < -0.4 is 5.48 Å². The Bertz CT molecular complexity index is 871. The van der Waals surface area contributed by atoms with Crippen molar-refractivity contribution in [3.05, 3.63) is 59.9 Å². The van der Waals surface area contributed by atoms with Crippen molar-refractivity contribution >= 4 is 23.0 Å². The lowest BCUT2D eigenvalue weighted by Crippen LogP contribution is -2.14. The zero-order valence-electron chi connectivity index (χ0n) is 11.4. The fourth-order valence-electron chi connectivity index (χ4n) is 2.12. The molecule has 0 aliphatic heterocycles. The van der Waals surface area contributed by atoms with Crippen molar-refractivity contribution in [3.8, 4) is 11.4 Å². The third-order valence-corrected chi connectivity index (χ3v) is 3.14. The van der Waals surface area contributed by atoms with Gasteiger partial charge in [0.25, 0.3) is 5.91 Å². The summed E-state index contributed by atoms with van der Waals surface area (Å²) in [6.45, 7) is 0. The topological polar surface area (TPSA) is 78.0 Å². The fourth-order valence-corrected chi connectivity index (χ4v) is 2.12. The molecule has 3 rings (SSSR count). The minimum Gasteiger partial charge on any atom is -0.338 e. The summed E-state index contributed by atoms with van der Waals surface area (Å²) < 4.78 is 13.2. The second-order valence-corrected chi connectivity index (χ2v) is 4.68. The van der Waals surface area contributed by atoms with Gasteiger partial charge in [0.1, 0.15) is 11.6 Å². The van der Waals surface area contributed by atoms with E-state index < -0.39 is 5.91 Å². The molecule has 0 aliphatic carbocycles. The first kappa shape index (κ1) is 14.0. The van der Waals surface area contributed by atoms with Crippen molar-refractivity contribution in [2.24, 2.45) is 0 Å². The smallest absolute Gasteiger partial charge is 0.267 e. The summed E-state index contributed by atoms with van der Waals surface area (Å²) in [6.07, 6.45) is 2.78. The van der Waals surface area contributed by atoms with Gasteiger partial charge < -0.3 is 4.98 Å². The molecule has 3 aromatic rings. The van der Waals surface area contributed by atoms with Gasteiger partial charge in [-0.2, -0.15) is 0 Å². The van der Waals surface area contributed by atoms with Crippen LogP contribution in [0.15, 0.2) is 48.5 Å². The van der Waals surface area contributed by atoms with Gasteiger partial charge in [-0.3, -0.25) is 10.0 Å². The number of hydroxylamine groups is 1. The van der Waals surface area contributed by atoms with E-state index in [-0.39, 0.29) is 5.82 Å². The zero-order valence-corrected chi connectivity index (χ0v) is 11.4. The van der Waals surface area contributed by atoms with Gasteiger partial charge in [0.05, 0.1) is 11.0 Å². The van der Waals surface area contributed by atoms with Gasteiger partial charge in [-0.25, -0.2) is 14.9 Å². The number of hydrogen-bond acceptors (Lipinski definition) is 3. The zero-order chi connectivity index (χ0) is 15.5. The van der Waals surface area contributed by atoms with E-state index in [9.17, 15) is 9.18 Å². The second kappa shape index (κ2) is 5.79. The second-order valence-electron chi connectivity index (χ2n) is 4.68. The van der Waals surface area contributed by atoms with Gasteiger partial charge in [-0.05, 0) is 35.9 Å². The molecule has 0 unspecified atom stereocenters. The third-order valence-electron chi connectivity index (χ3n) is 3.14. The molecule has 0 atom stereocenters. The van der Waals surface area contributed by atoms with Crippen LogP contribution in [0.2, 0.25) is 0 Å². The summed E-state index contributed by atoms with van der Waals surface area (Å²) in [5.41, 5.74) is 4.40. The van der Waals surface area contributed by atoms with E-state index in [1.54, 1.807) is 12.1 Å². The standard InChI is InChI=1S/C16H12FN3O2/c17-12-5-6-13-14(9-12)19-16(18-13)11-3-1-2-10(8-11)4-7-15(21)20-22/h1-9,22H,(H,18,19)(H,20,21). The normalized spacial score (nSPS) is 11.2. The summed E-state index contributed by atoms with van der Waals surface area (Å²) in [5.74, 6) is -0.318. The molecule has 0 fully saturated rings. The molecule has 0 bridgehead atoms. The number of hydrogen-bond donors (Lipinski definition) is 3. The number of nitrogens with zero attached hydrogens (tertiary/aromatic N) is 1. The van der Waals surface area contributed by atoms with Gasteiger partial charge >= 0.3 is 0 Å². The Morgan fingerprint density at radius 1 is 1.27 bits per heavy atom. The van der Waals surface area contributed by atoms with Crippen molar-refractivity contribution in [2.45, 2.75) is 0 Å². The van der Waals surface area contributed by atoms with Crippen molar-refractivity contribution in [1.82, 2.24) is 15.4 Å². The highest BCUT2D eigenvalue weighted by molar-refractivity contribution is 5.91. The van der Waals surface area contributed by atoms with Gasteiger partial charge in [-0.1, -0.05) is 18.2 Å². The SMILES string of the molecule is O=C(C=Cc1cccc(-c2nc3ccc(F)cc3[nH]2)c1)NO. The first-order valence-electron chi connectivity index (χ1n) is 6.53. The van der Waals surface area contributed by atoms with E-state index >= 15 is 0 Å². The van der Waals surface area contributed by atoms with E-state index in [2.05, 4.69) is 9.97 Å². The highest BCUT2D eigenvalue weighted by Gasteiger charge is 2.06. The monoisotopic (exact) mass is 297 g/mol. The summed E-state index contributed by atoms with van der Waals surface area (Å²) in [7, 11) is 0. The third kappa shape index (κ3) is 2.87. The number of amides is 1. The van der Waals surface area contributed by atoms with Crippen molar-refractivity contribution in [3.63, 3.8) is 0 Å². The minimum atomic E-state index is -0.607. The Hall–Kier alpha value is -2.99. The number of imidazole rings is 1. The molecule has 1 amide bonds. The van der Waals surface area contributed by atoms with Crippen LogP contribution in [0.4, 0.5) is 4.39 Å². The molecule has 22 heavy (non-hydrogen) atoms. The maximum Gasteiger partial charge on any atom is 0.267 e. The van der Waals surface area contributed by atoms with Gasteiger partial charge in [0, 0.05) is 11.6 Å². The molecule has 3 N–H and O–H groups in total. The molecule has 1 aromatic heterocycles. The minimum absolute atomic E-state index is 0.325. The Morgan fingerprint density at radius 3 is 2.95 bits per heavy atom. The average molecular weight is 297 g/mol. The van der Waals surface area contributed by atoms with Gasteiger partial charge in [0.15, 0.2) is 0 Å². The maximum atomic E-state index is 13.2. The van der Waals surface area contributed by atoms with Crippen LogP contribution in [-0.2, 0) is 4.79 Å². The molecular formula is C16H12FN3O2. The predicted molar refractivity (Wildman–Crippen MR) is 80.5 cm³/mol. The summed E-state index contributed by atoms with van der Waals surface area (Å²) in [4.78, 5) is 18.5. The molecule has 0 aliphatic rings. The number of H-pyrrole nitrogens is 1. The van der Waals surface area contributed by atoms with E-state index in [1.165, 1.54) is 23.7 Å². The number of aromatic amines is 1. The molecule has 0 radical (unpaired) electrons. The Labute approximate surface area is 125 Å². The predicted octanol–water partition coefficient (Wildman–Crippen LogP) is 2.89. The number of nitrogens with one attached hydrogen (secondary N) is 2. The number of aromatic nitrogens is 2. The molecule has 5 nitrogen and oxygen atoms in total. The van der Waals surface area contributed by atoms with Crippen molar-refractivity contribution in [2.75, 3.05) is 0 Å². The van der Waals surface area contributed by atoms with Crippen LogP contribution >= 0.6 is 0 Å². The molecule has 2 aromatic carbocycles. The lowest BCUT2D eigenvalue weighted by atomic mass is 10.1. The number of carbonyl (C=O) groups excluding carboxylic acids is 1. The quantitative estimate of drug-likeness (QED) is 0.395. The van der Waals surface area contributed by atoms with E-state index in [1.807, 2.05) is 24.3 Å².